The minimum absolute atomic E-state index is 0.0825. The van der Waals surface area contributed by atoms with Gasteiger partial charge in [0.2, 0.25) is 0 Å². The van der Waals surface area contributed by atoms with Crippen LogP contribution in [0.15, 0.2) is 77.9 Å². The van der Waals surface area contributed by atoms with Crippen molar-refractivity contribution in [3.8, 4) is 0 Å². The molecule has 1 fully saturated rings. The first-order chi connectivity index (χ1) is 15.7. The molecule has 0 saturated carbocycles. The third-order valence-corrected chi connectivity index (χ3v) is 6.27. The molecular weight excluding hydrogens is 400 g/mol. The molecule has 6 heteroatoms. The number of hydrogen-bond acceptors (Lipinski definition) is 5. The molecule has 0 amide bonds. The molecule has 6 nitrogen and oxygen atoms in total. The van der Waals surface area contributed by atoms with Gasteiger partial charge in [0.25, 0.3) is 5.69 Å². The van der Waals surface area contributed by atoms with Crippen molar-refractivity contribution < 1.29 is 4.92 Å². The van der Waals surface area contributed by atoms with E-state index in [0.29, 0.717) is 12.2 Å². The van der Waals surface area contributed by atoms with Crippen LogP contribution in [0.3, 0.4) is 0 Å². The Labute approximate surface area is 187 Å². The number of hydrazone groups is 1. The highest BCUT2D eigenvalue weighted by molar-refractivity contribution is 6.14. The Bertz CT molecular complexity index is 1150. The Hall–Kier alpha value is -3.67. The molecule has 0 aromatic heterocycles. The Morgan fingerprint density at radius 2 is 1.56 bits per heavy atom. The van der Waals surface area contributed by atoms with Crippen molar-refractivity contribution in [1.82, 2.24) is 0 Å². The van der Waals surface area contributed by atoms with E-state index in [4.69, 9.17) is 5.10 Å². The Morgan fingerprint density at radius 3 is 2.31 bits per heavy atom. The van der Waals surface area contributed by atoms with Gasteiger partial charge in [0.1, 0.15) is 5.69 Å². The first-order valence-corrected chi connectivity index (χ1v) is 11.2. The van der Waals surface area contributed by atoms with Gasteiger partial charge in [0, 0.05) is 36.0 Å². The van der Waals surface area contributed by atoms with Gasteiger partial charge in [-0.3, -0.25) is 15.1 Å². The summed E-state index contributed by atoms with van der Waals surface area (Å²) in [6, 6.07) is 23.6. The van der Waals surface area contributed by atoms with E-state index in [0.717, 1.165) is 54.0 Å². The summed E-state index contributed by atoms with van der Waals surface area (Å²) in [5, 5.41) is 18.7. The maximum absolute atomic E-state index is 11.9. The molecule has 0 atom stereocenters. The second-order valence-electron chi connectivity index (χ2n) is 8.36. The lowest BCUT2D eigenvalue weighted by molar-refractivity contribution is -0.384. The molecule has 162 valence electrons. The monoisotopic (exact) mass is 426 g/mol. The molecule has 3 aromatic carbocycles. The predicted octanol–water partition coefficient (Wildman–Crippen LogP) is 5.75. The van der Waals surface area contributed by atoms with E-state index in [1.807, 2.05) is 54.6 Å². The summed E-state index contributed by atoms with van der Waals surface area (Å²) >= 11 is 0. The van der Waals surface area contributed by atoms with Gasteiger partial charge in [-0.1, -0.05) is 67.4 Å². The molecule has 0 aliphatic carbocycles. The maximum Gasteiger partial charge on any atom is 0.294 e. The summed E-state index contributed by atoms with van der Waals surface area (Å²) in [6.45, 7) is 2.47. The van der Waals surface area contributed by atoms with Crippen molar-refractivity contribution in [2.75, 3.05) is 23.0 Å². The normalized spacial score (nSPS) is 16.2. The van der Waals surface area contributed by atoms with E-state index in [1.54, 1.807) is 11.1 Å². The number of benzene rings is 3. The maximum atomic E-state index is 11.9. The van der Waals surface area contributed by atoms with Crippen LogP contribution in [-0.4, -0.2) is 23.7 Å². The lowest BCUT2D eigenvalue weighted by Crippen LogP contribution is -2.28. The predicted molar refractivity (Wildman–Crippen MR) is 128 cm³/mol. The number of nitrogens with zero attached hydrogens (tertiary/aromatic N) is 4. The summed E-state index contributed by atoms with van der Waals surface area (Å²) in [5.41, 5.74) is 5.66. The molecule has 0 spiro atoms. The van der Waals surface area contributed by atoms with Crippen LogP contribution < -0.4 is 9.91 Å². The number of anilines is 2. The molecule has 5 rings (SSSR count). The van der Waals surface area contributed by atoms with Crippen molar-refractivity contribution in [3.63, 3.8) is 0 Å². The van der Waals surface area contributed by atoms with E-state index in [2.05, 4.69) is 17.0 Å². The van der Waals surface area contributed by atoms with Crippen molar-refractivity contribution >= 4 is 22.8 Å². The zero-order chi connectivity index (χ0) is 21.9. The third kappa shape index (κ3) is 3.96. The van der Waals surface area contributed by atoms with Crippen LogP contribution in [0, 0.1) is 10.1 Å². The van der Waals surface area contributed by atoms with Gasteiger partial charge < -0.3 is 4.90 Å². The van der Waals surface area contributed by atoms with Crippen LogP contribution in [-0.2, 0) is 6.54 Å². The smallest absolute Gasteiger partial charge is 0.294 e. The van der Waals surface area contributed by atoms with Gasteiger partial charge in [-0.05, 0) is 30.5 Å². The number of nitro benzene ring substituents is 1. The number of nitro groups is 1. The minimum Gasteiger partial charge on any atom is -0.371 e. The summed E-state index contributed by atoms with van der Waals surface area (Å²) in [5.74, 6) is 0. The fraction of sp³-hybridized carbons (Fsp3) is 0.269. The van der Waals surface area contributed by atoms with Gasteiger partial charge in [-0.25, -0.2) is 0 Å². The van der Waals surface area contributed by atoms with E-state index in [9.17, 15) is 10.1 Å². The van der Waals surface area contributed by atoms with E-state index in [1.165, 1.54) is 12.8 Å². The van der Waals surface area contributed by atoms with E-state index >= 15 is 0 Å². The SMILES string of the molecule is O=[N+]([O-])c1ccc(N2CCCCCC2)cc1N1Cc2ccccc2C(c2ccccc2)=N1. The first-order valence-electron chi connectivity index (χ1n) is 11.2. The fourth-order valence-corrected chi connectivity index (χ4v) is 4.61. The summed E-state index contributed by atoms with van der Waals surface area (Å²) in [6.07, 6.45) is 4.79. The third-order valence-electron chi connectivity index (χ3n) is 6.27. The standard InChI is InChI=1S/C26H26N4O2/c31-30(32)24-15-14-22(28-16-8-1-2-9-17-28)18-25(24)29-19-21-12-6-7-13-23(21)26(27-29)20-10-4-3-5-11-20/h3-7,10-15,18H,1-2,8-9,16-17,19H2. The van der Waals surface area contributed by atoms with Gasteiger partial charge in [-0.15, -0.1) is 0 Å². The molecule has 32 heavy (non-hydrogen) atoms. The van der Waals surface area contributed by atoms with Crippen molar-refractivity contribution in [1.29, 1.82) is 0 Å². The van der Waals surface area contributed by atoms with Gasteiger partial charge in [0.15, 0.2) is 0 Å². The molecule has 1 saturated heterocycles. The van der Waals surface area contributed by atoms with Crippen molar-refractivity contribution in [3.05, 3.63) is 99.6 Å². The lowest BCUT2D eigenvalue weighted by atomic mass is 9.96. The molecule has 2 aliphatic heterocycles. The van der Waals surface area contributed by atoms with Crippen LogP contribution in [0.1, 0.15) is 42.4 Å². The first kappa shape index (κ1) is 20.2. The molecule has 0 radical (unpaired) electrons. The van der Waals surface area contributed by atoms with Gasteiger partial charge in [-0.2, -0.15) is 5.10 Å². The zero-order valence-corrected chi connectivity index (χ0v) is 18.0. The fourth-order valence-electron chi connectivity index (χ4n) is 4.61. The molecule has 0 unspecified atom stereocenters. The highest BCUT2D eigenvalue weighted by atomic mass is 16.6. The second kappa shape index (κ2) is 8.83. The van der Waals surface area contributed by atoms with Crippen LogP contribution in [0.5, 0.6) is 0 Å². The van der Waals surface area contributed by atoms with Crippen LogP contribution in [0.25, 0.3) is 0 Å². The van der Waals surface area contributed by atoms with Crippen molar-refractivity contribution in [2.24, 2.45) is 5.10 Å². The second-order valence-corrected chi connectivity index (χ2v) is 8.36. The summed E-state index contributed by atoms with van der Waals surface area (Å²) in [7, 11) is 0. The number of fused-ring (bicyclic) bond motifs is 1. The molecule has 0 N–H and O–H groups in total. The molecule has 2 aliphatic rings. The Kier molecular flexibility index (Phi) is 5.58. The molecular formula is C26H26N4O2. The van der Waals surface area contributed by atoms with Crippen LogP contribution in [0.4, 0.5) is 17.1 Å². The highest BCUT2D eigenvalue weighted by Gasteiger charge is 2.27. The van der Waals surface area contributed by atoms with E-state index in [-0.39, 0.29) is 10.6 Å². The summed E-state index contributed by atoms with van der Waals surface area (Å²) < 4.78 is 0. The molecule has 2 heterocycles. The topological polar surface area (TPSA) is 62.0 Å². The average Bonchev–Trinajstić information content (AvgIpc) is 3.13. The largest absolute Gasteiger partial charge is 0.371 e. The molecule has 0 bridgehead atoms. The average molecular weight is 427 g/mol. The quantitative estimate of drug-likeness (QED) is 0.394. The van der Waals surface area contributed by atoms with Gasteiger partial charge in [0.05, 0.1) is 17.2 Å². The van der Waals surface area contributed by atoms with Crippen LogP contribution in [0.2, 0.25) is 0 Å². The Balaban J connectivity index is 1.61. The van der Waals surface area contributed by atoms with E-state index < -0.39 is 0 Å². The molecule has 3 aromatic rings. The lowest BCUT2D eigenvalue weighted by Gasteiger charge is -2.29. The highest BCUT2D eigenvalue weighted by Crippen LogP contribution is 2.37. The zero-order valence-electron chi connectivity index (χ0n) is 18.0. The van der Waals surface area contributed by atoms with Crippen molar-refractivity contribution in [2.45, 2.75) is 32.2 Å². The minimum atomic E-state index is -0.306. The summed E-state index contributed by atoms with van der Waals surface area (Å²) in [4.78, 5) is 14.0. The number of rotatable bonds is 4. The van der Waals surface area contributed by atoms with Crippen LogP contribution >= 0.6 is 0 Å². The van der Waals surface area contributed by atoms with Gasteiger partial charge >= 0.3 is 0 Å². The number of hydrogen-bond donors (Lipinski definition) is 0. The Morgan fingerprint density at radius 1 is 0.844 bits per heavy atom.